The van der Waals surface area contributed by atoms with Gasteiger partial charge in [-0.05, 0) is 20.3 Å². The lowest BCUT2D eigenvalue weighted by atomic mass is 9.94. The number of carbonyl (C=O) groups is 3. The molecule has 1 aliphatic heterocycles. The van der Waals surface area contributed by atoms with Gasteiger partial charge >= 0.3 is 0 Å². The number of nitrogens with two attached hydrogens (primary N) is 1. The molecule has 1 heterocycles. The number of carbonyl (C=O) groups excluding carboxylic acids is 3. The van der Waals surface area contributed by atoms with Crippen LogP contribution in [0.4, 0.5) is 0 Å². The second-order valence-corrected chi connectivity index (χ2v) is 5.58. The van der Waals surface area contributed by atoms with Crippen molar-refractivity contribution in [3.8, 4) is 0 Å². The third-order valence-electron chi connectivity index (χ3n) is 3.27. The van der Waals surface area contributed by atoms with E-state index >= 15 is 0 Å². The summed E-state index contributed by atoms with van der Waals surface area (Å²) in [5.41, 5.74) is 4.51. The summed E-state index contributed by atoms with van der Waals surface area (Å²) in [5, 5.41) is 2.22. The highest BCUT2D eigenvalue weighted by atomic mass is 32.1. The first kappa shape index (κ1) is 15.6. The fourth-order valence-electron chi connectivity index (χ4n) is 2.00. The molecule has 3 N–H and O–H groups in total. The molecule has 7 heteroatoms. The quantitative estimate of drug-likeness (QED) is 0.558. The van der Waals surface area contributed by atoms with E-state index < -0.39 is 23.3 Å². The smallest absolute Gasteiger partial charge is 0.252 e. The standard InChI is InChI=1S/C12H19N3O3S/c1-4-5-7(9(13)19)10(17)15-6-8(16)14-11(18)12(15,2)3/h7H,4-6H2,1-3H3,(H2,13,19)(H,14,16,18). The van der Waals surface area contributed by atoms with Crippen molar-refractivity contribution in [3.63, 3.8) is 0 Å². The summed E-state index contributed by atoms with van der Waals surface area (Å²) in [6.07, 6.45) is 1.25. The van der Waals surface area contributed by atoms with Crippen molar-refractivity contribution in [3.05, 3.63) is 0 Å². The molecular weight excluding hydrogens is 266 g/mol. The monoisotopic (exact) mass is 285 g/mol. The fraction of sp³-hybridized carbons (Fsp3) is 0.667. The normalized spacial score (nSPS) is 19.8. The van der Waals surface area contributed by atoms with Gasteiger partial charge in [0.1, 0.15) is 12.1 Å². The van der Waals surface area contributed by atoms with Gasteiger partial charge < -0.3 is 10.6 Å². The van der Waals surface area contributed by atoms with Gasteiger partial charge in [0.2, 0.25) is 11.8 Å². The van der Waals surface area contributed by atoms with Gasteiger partial charge in [0.05, 0.1) is 10.9 Å². The van der Waals surface area contributed by atoms with Crippen LogP contribution in [0, 0.1) is 5.92 Å². The Bertz CT molecular complexity index is 434. The highest BCUT2D eigenvalue weighted by Crippen LogP contribution is 2.22. The van der Waals surface area contributed by atoms with Gasteiger partial charge in [0.15, 0.2) is 0 Å². The van der Waals surface area contributed by atoms with E-state index in [-0.39, 0.29) is 17.4 Å². The van der Waals surface area contributed by atoms with Crippen molar-refractivity contribution in [1.82, 2.24) is 10.2 Å². The first-order valence-electron chi connectivity index (χ1n) is 6.16. The number of amides is 3. The Morgan fingerprint density at radius 1 is 1.53 bits per heavy atom. The van der Waals surface area contributed by atoms with E-state index in [1.807, 2.05) is 6.92 Å². The van der Waals surface area contributed by atoms with Gasteiger partial charge in [0.25, 0.3) is 5.91 Å². The van der Waals surface area contributed by atoms with Crippen molar-refractivity contribution in [2.45, 2.75) is 39.2 Å². The molecule has 1 atom stereocenters. The molecule has 1 saturated heterocycles. The van der Waals surface area contributed by atoms with Crippen molar-refractivity contribution >= 4 is 34.9 Å². The summed E-state index contributed by atoms with van der Waals surface area (Å²) in [7, 11) is 0. The van der Waals surface area contributed by atoms with E-state index in [0.29, 0.717) is 6.42 Å². The molecular formula is C12H19N3O3S. The SMILES string of the molecule is CCCC(C(=O)N1CC(=O)NC(=O)C1(C)C)C(N)=S. The van der Waals surface area contributed by atoms with E-state index in [9.17, 15) is 14.4 Å². The van der Waals surface area contributed by atoms with Crippen LogP contribution in [-0.4, -0.2) is 39.7 Å². The Morgan fingerprint density at radius 3 is 2.58 bits per heavy atom. The summed E-state index contributed by atoms with van der Waals surface area (Å²) in [6, 6.07) is 0. The minimum Gasteiger partial charge on any atom is -0.393 e. The molecule has 1 unspecified atom stereocenters. The summed E-state index contributed by atoms with van der Waals surface area (Å²) < 4.78 is 0. The van der Waals surface area contributed by atoms with Crippen molar-refractivity contribution < 1.29 is 14.4 Å². The minimum absolute atomic E-state index is 0.0982. The van der Waals surface area contributed by atoms with Crippen molar-refractivity contribution in [2.75, 3.05) is 6.54 Å². The van der Waals surface area contributed by atoms with E-state index in [4.69, 9.17) is 18.0 Å². The molecule has 0 aromatic rings. The van der Waals surface area contributed by atoms with Crippen LogP contribution in [0.5, 0.6) is 0 Å². The van der Waals surface area contributed by atoms with Crippen LogP contribution in [0.1, 0.15) is 33.6 Å². The maximum absolute atomic E-state index is 12.5. The Kier molecular flexibility index (Phi) is 4.62. The zero-order chi connectivity index (χ0) is 14.8. The molecule has 1 rings (SSSR count). The van der Waals surface area contributed by atoms with Crippen LogP contribution in [0.25, 0.3) is 0 Å². The van der Waals surface area contributed by atoms with Crippen LogP contribution >= 0.6 is 12.2 Å². The van der Waals surface area contributed by atoms with Crippen molar-refractivity contribution in [1.29, 1.82) is 0 Å². The summed E-state index contributed by atoms with van der Waals surface area (Å²) in [6.45, 7) is 4.95. The average Bonchev–Trinajstić information content (AvgIpc) is 2.30. The summed E-state index contributed by atoms with van der Waals surface area (Å²) >= 11 is 4.91. The maximum Gasteiger partial charge on any atom is 0.252 e. The lowest BCUT2D eigenvalue weighted by molar-refractivity contribution is -0.156. The average molecular weight is 285 g/mol. The number of imide groups is 1. The second-order valence-electron chi connectivity index (χ2n) is 5.10. The van der Waals surface area contributed by atoms with E-state index in [1.165, 1.54) is 4.90 Å². The maximum atomic E-state index is 12.5. The minimum atomic E-state index is -1.08. The van der Waals surface area contributed by atoms with Gasteiger partial charge in [-0.3, -0.25) is 19.7 Å². The lowest BCUT2D eigenvalue weighted by Crippen LogP contribution is -2.66. The number of piperazine rings is 1. The number of nitrogens with zero attached hydrogens (tertiary/aromatic N) is 1. The van der Waals surface area contributed by atoms with Crippen LogP contribution in [0.3, 0.4) is 0 Å². The topological polar surface area (TPSA) is 92.5 Å². The van der Waals surface area contributed by atoms with Gasteiger partial charge in [-0.15, -0.1) is 0 Å². The Balaban J connectivity index is 3.04. The molecule has 0 bridgehead atoms. The third kappa shape index (κ3) is 3.09. The van der Waals surface area contributed by atoms with E-state index in [2.05, 4.69) is 5.32 Å². The first-order chi connectivity index (χ1) is 8.71. The Labute approximate surface area is 117 Å². The van der Waals surface area contributed by atoms with E-state index in [1.54, 1.807) is 13.8 Å². The Hall–Kier alpha value is -1.50. The summed E-state index contributed by atoms with van der Waals surface area (Å²) in [5.74, 6) is -1.97. The van der Waals surface area contributed by atoms with Crippen LogP contribution in [0.15, 0.2) is 0 Å². The summed E-state index contributed by atoms with van der Waals surface area (Å²) in [4.78, 5) is 37.1. The molecule has 0 radical (unpaired) electrons. The van der Waals surface area contributed by atoms with Crippen LogP contribution in [-0.2, 0) is 14.4 Å². The molecule has 1 aliphatic rings. The number of hydrogen-bond acceptors (Lipinski definition) is 4. The lowest BCUT2D eigenvalue weighted by Gasteiger charge is -2.41. The number of hydrogen-bond donors (Lipinski definition) is 2. The van der Waals surface area contributed by atoms with Crippen LogP contribution in [0.2, 0.25) is 0 Å². The van der Waals surface area contributed by atoms with Gasteiger partial charge in [-0.25, -0.2) is 0 Å². The molecule has 0 aliphatic carbocycles. The van der Waals surface area contributed by atoms with E-state index in [0.717, 1.165) is 6.42 Å². The molecule has 1 fully saturated rings. The molecule has 0 saturated carbocycles. The van der Waals surface area contributed by atoms with Gasteiger partial charge in [0, 0.05) is 0 Å². The van der Waals surface area contributed by atoms with Crippen molar-refractivity contribution in [2.24, 2.45) is 11.7 Å². The number of nitrogens with one attached hydrogen (secondary N) is 1. The molecule has 0 aromatic heterocycles. The molecule has 0 aromatic carbocycles. The molecule has 6 nitrogen and oxygen atoms in total. The number of thiocarbonyl (C=S) groups is 1. The fourth-order valence-corrected chi connectivity index (χ4v) is 2.22. The van der Waals surface area contributed by atoms with Gasteiger partial charge in [-0.1, -0.05) is 25.6 Å². The van der Waals surface area contributed by atoms with Gasteiger partial charge in [-0.2, -0.15) is 0 Å². The third-order valence-corrected chi connectivity index (χ3v) is 3.55. The van der Waals surface area contributed by atoms with Crippen LogP contribution < -0.4 is 11.1 Å². The predicted octanol–water partition coefficient (Wildman–Crippen LogP) is -0.0476. The second kappa shape index (κ2) is 5.64. The molecule has 3 amide bonds. The first-order valence-corrected chi connectivity index (χ1v) is 6.57. The molecule has 0 spiro atoms. The molecule has 106 valence electrons. The molecule has 19 heavy (non-hydrogen) atoms. The zero-order valence-corrected chi connectivity index (χ0v) is 12.2. The largest absolute Gasteiger partial charge is 0.393 e. The number of rotatable bonds is 4. The highest BCUT2D eigenvalue weighted by Gasteiger charge is 2.45. The highest BCUT2D eigenvalue weighted by molar-refractivity contribution is 7.80. The Morgan fingerprint density at radius 2 is 2.11 bits per heavy atom. The predicted molar refractivity (Wildman–Crippen MR) is 74.1 cm³/mol. The zero-order valence-electron chi connectivity index (χ0n) is 11.4.